The van der Waals surface area contributed by atoms with E-state index >= 15 is 0 Å². The van der Waals surface area contributed by atoms with Gasteiger partial charge in [-0.05, 0) is 18.4 Å². The fourth-order valence-electron chi connectivity index (χ4n) is 1.86. The molecule has 1 aromatic rings. The van der Waals surface area contributed by atoms with Gasteiger partial charge >= 0.3 is 0 Å². The van der Waals surface area contributed by atoms with Crippen molar-refractivity contribution in [2.75, 3.05) is 0 Å². The zero-order valence-corrected chi connectivity index (χ0v) is 8.53. The smallest absolute Gasteiger partial charge is 0.197 e. The maximum atomic E-state index is 13.3. The maximum absolute atomic E-state index is 13.3. The van der Waals surface area contributed by atoms with Crippen molar-refractivity contribution in [1.29, 1.82) is 0 Å². The third-order valence-electron chi connectivity index (χ3n) is 2.81. The average Bonchev–Trinajstić information content (AvgIpc) is 2.59. The number of ether oxygens (including phenoxy) is 1. The van der Waals surface area contributed by atoms with E-state index < -0.39 is 12.0 Å². The van der Waals surface area contributed by atoms with Crippen molar-refractivity contribution in [2.45, 2.75) is 37.8 Å². The molecule has 2 atom stereocenters. The summed E-state index contributed by atoms with van der Waals surface area (Å²) in [5.41, 5.74) is 0.949. The minimum atomic E-state index is -1.56. The van der Waals surface area contributed by atoms with Crippen molar-refractivity contribution in [2.24, 2.45) is 0 Å². The summed E-state index contributed by atoms with van der Waals surface area (Å²) < 4.78 is 18.6. The van der Waals surface area contributed by atoms with Crippen LogP contribution in [0.4, 0.5) is 4.39 Å². The number of alkyl halides is 1. The third-order valence-corrected chi connectivity index (χ3v) is 2.81. The van der Waals surface area contributed by atoms with Crippen LogP contribution in [-0.4, -0.2) is 17.1 Å². The molecule has 2 nitrogen and oxygen atoms in total. The van der Waals surface area contributed by atoms with E-state index in [-0.39, 0.29) is 6.61 Å². The molecule has 0 spiro atoms. The van der Waals surface area contributed by atoms with Crippen molar-refractivity contribution in [3.8, 4) is 0 Å². The van der Waals surface area contributed by atoms with Crippen LogP contribution >= 0.6 is 0 Å². The molecule has 0 saturated heterocycles. The lowest BCUT2D eigenvalue weighted by Gasteiger charge is -2.25. The van der Waals surface area contributed by atoms with Crippen molar-refractivity contribution >= 4 is 0 Å². The van der Waals surface area contributed by atoms with Crippen LogP contribution in [-0.2, 0) is 11.3 Å². The Bertz CT molecular complexity index is 315. The predicted molar refractivity (Wildman–Crippen MR) is 54.9 cm³/mol. The van der Waals surface area contributed by atoms with E-state index in [2.05, 4.69) is 0 Å². The Labute approximate surface area is 88.7 Å². The van der Waals surface area contributed by atoms with E-state index in [4.69, 9.17) is 4.74 Å². The molecule has 0 radical (unpaired) electrons. The second-order valence-corrected chi connectivity index (χ2v) is 3.98. The van der Waals surface area contributed by atoms with Gasteiger partial charge < -0.3 is 9.84 Å². The van der Waals surface area contributed by atoms with E-state index in [1.165, 1.54) is 0 Å². The first-order valence-corrected chi connectivity index (χ1v) is 5.25. The van der Waals surface area contributed by atoms with Crippen LogP contribution in [0, 0.1) is 0 Å². The molecule has 1 fully saturated rings. The van der Waals surface area contributed by atoms with Crippen LogP contribution < -0.4 is 0 Å². The molecule has 1 saturated carbocycles. The monoisotopic (exact) mass is 210 g/mol. The normalized spacial score (nSPS) is 30.7. The molecule has 82 valence electrons. The molecule has 3 heteroatoms. The lowest BCUT2D eigenvalue weighted by Crippen LogP contribution is -2.37. The molecule has 1 aliphatic rings. The van der Waals surface area contributed by atoms with Gasteiger partial charge in [0.2, 0.25) is 0 Å². The molecule has 15 heavy (non-hydrogen) atoms. The molecule has 0 bridgehead atoms. The number of benzene rings is 1. The van der Waals surface area contributed by atoms with Gasteiger partial charge in [-0.15, -0.1) is 0 Å². The first-order valence-electron chi connectivity index (χ1n) is 5.25. The summed E-state index contributed by atoms with van der Waals surface area (Å²) in [5.74, 6) is -1.56. The van der Waals surface area contributed by atoms with Gasteiger partial charge in [0.15, 0.2) is 12.0 Å². The zero-order valence-electron chi connectivity index (χ0n) is 8.53. The number of hydrogen-bond acceptors (Lipinski definition) is 2. The van der Waals surface area contributed by atoms with Crippen molar-refractivity contribution in [1.82, 2.24) is 0 Å². The Morgan fingerprint density at radius 2 is 2.13 bits per heavy atom. The number of halogens is 1. The highest BCUT2D eigenvalue weighted by molar-refractivity contribution is 5.13. The minimum Gasteiger partial charge on any atom is -0.363 e. The van der Waals surface area contributed by atoms with E-state index in [9.17, 15) is 9.50 Å². The lowest BCUT2D eigenvalue weighted by molar-refractivity contribution is -0.234. The van der Waals surface area contributed by atoms with Crippen molar-refractivity contribution in [3.63, 3.8) is 0 Å². The van der Waals surface area contributed by atoms with E-state index in [0.29, 0.717) is 19.3 Å². The van der Waals surface area contributed by atoms with Crippen molar-refractivity contribution in [3.05, 3.63) is 35.9 Å². The van der Waals surface area contributed by atoms with Crippen LogP contribution in [0.25, 0.3) is 0 Å². The van der Waals surface area contributed by atoms with E-state index in [0.717, 1.165) is 5.56 Å². The summed E-state index contributed by atoms with van der Waals surface area (Å²) in [5, 5.41) is 9.82. The maximum Gasteiger partial charge on any atom is 0.197 e. The van der Waals surface area contributed by atoms with Crippen LogP contribution in [0.2, 0.25) is 0 Å². The Morgan fingerprint density at radius 1 is 1.40 bits per heavy atom. The molecule has 2 rings (SSSR count). The molecule has 1 N–H and O–H groups in total. The highest BCUT2D eigenvalue weighted by Crippen LogP contribution is 2.34. The number of rotatable bonds is 3. The average molecular weight is 210 g/mol. The standard InChI is InChI=1S/C12H15FO2/c13-11-7-4-8-12(11,14)15-9-10-5-2-1-3-6-10/h1-3,5-6,11,14H,4,7-9H2. The van der Waals surface area contributed by atoms with Gasteiger partial charge in [-0.25, -0.2) is 4.39 Å². The SMILES string of the molecule is OC1(OCc2ccccc2)CCCC1F. The van der Waals surface area contributed by atoms with Crippen LogP contribution in [0.5, 0.6) is 0 Å². The second kappa shape index (κ2) is 4.29. The van der Waals surface area contributed by atoms with Gasteiger partial charge in [0, 0.05) is 6.42 Å². The molecule has 0 amide bonds. The minimum absolute atomic E-state index is 0.262. The Morgan fingerprint density at radius 3 is 2.73 bits per heavy atom. The largest absolute Gasteiger partial charge is 0.363 e. The Kier molecular flexibility index (Phi) is 3.03. The number of hydrogen-bond donors (Lipinski definition) is 1. The fraction of sp³-hybridized carbons (Fsp3) is 0.500. The first kappa shape index (κ1) is 10.6. The van der Waals surface area contributed by atoms with Crippen LogP contribution in [0.1, 0.15) is 24.8 Å². The van der Waals surface area contributed by atoms with E-state index in [1.54, 1.807) is 0 Å². The van der Waals surface area contributed by atoms with Gasteiger partial charge in [-0.3, -0.25) is 0 Å². The highest BCUT2D eigenvalue weighted by Gasteiger charge is 2.42. The Hall–Kier alpha value is -0.930. The predicted octanol–water partition coefficient (Wildman–Crippen LogP) is 2.41. The topological polar surface area (TPSA) is 29.5 Å². The summed E-state index contributed by atoms with van der Waals surface area (Å²) in [6.45, 7) is 0.262. The van der Waals surface area contributed by atoms with Gasteiger partial charge in [-0.1, -0.05) is 30.3 Å². The molecule has 0 heterocycles. The van der Waals surface area contributed by atoms with Gasteiger partial charge in [0.1, 0.15) is 0 Å². The van der Waals surface area contributed by atoms with Gasteiger partial charge in [-0.2, -0.15) is 0 Å². The second-order valence-electron chi connectivity index (χ2n) is 3.98. The molecular formula is C12H15FO2. The molecule has 2 unspecified atom stereocenters. The highest BCUT2D eigenvalue weighted by atomic mass is 19.1. The first-order chi connectivity index (χ1) is 7.21. The van der Waals surface area contributed by atoms with E-state index in [1.807, 2.05) is 30.3 Å². The quantitative estimate of drug-likeness (QED) is 0.776. The molecule has 1 aliphatic carbocycles. The van der Waals surface area contributed by atoms with Gasteiger partial charge in [0.25, 0.3) is 0 Å². The van der Waals surface area contributed by atoms with Gasteiger partial charge in [0.05, 0.1) is 6.61 Å². The summed E-state index contributed by atoms with van der Waals surface area (Å²) >= 11 is 0. The molecule has 0 aromatic heterocycles. The molecular weight excluding hydrogens is 195 g/mol. The summed E-state index contributed by atoms with van der Waals surface area (Å²) in [7, 11) is 0. The summed E-state index contributed by atoms with van der Waals surface area (Å²) in [4.78, 5) is 0. The molecule has 0 aliphatic heterocycles. The lowest BCUT2D eigenvalue weighted by atomic mass is 10.2. The fourth-order valence-corrected chi connectivity index (χ4v) is 1.86. The van der Waals surface area contributed by atoms with Crippen LogP contribution in [0.3, 0.4) is 0 Å². The van der Waals surface area contributed by atoms with Crippen molar-refractivity contribution < 1.29 is 14.2 Å². The zero-order chi connectivity index (χ0) is 10.7. The van der Waals surface area contributed by atoms with Crippen LogP contribution in [0.15, 0.2) is 30.3 Å². The summed E-state index contributed by atoms with van der Waals surface area (Å²) in [6.07, 6.45) is 0.222. The number of aliphatic hydroxyl groups is 1. The Balaban J connectivity index is 1.93. The molecule has 1 aromatic carbocycles. The summed E-state index contributed by atoms with van der Waals surface area (Å²) in [6, 6.07) is 9.48. The third kappa shape index (κ3) is 2.36.